The average Bonchev–Trinajstić information content (AvgIpc) is 2.97. The molecule has 39 heavy (non-hydrogen) atoms. The highest BCUT2D eigenvalue weighted by atomic mass is 16.5. The van der Waals surface area contributed by atoms with E-state index in [1.165, 1.54) is 6.08 Å². The molecule has 2 amide bonds. The summed E-state index contributed by atoms with van der Waals surface area (Å²) in [6.45, 7) is 4.69. The summed E-state index contributed by atoms with van der Waals surface area (Å²) in [4.78, 5) is 28.0. The van der Waals surface area contributed by atoms with Gasteiger partial charge in [-0.05, 0) is 53.6 Å². The number of morpholine rings is 1. The van der Waals surface area contributed by atoms with Crippen LogP contribution >= 0.6 is 0 Å². The molecule has 1 saturated heterocycles. The van der Waals surface area contributed by atoms with Gasteiger partial charge >= 0.3 is 0 Å². The molecule has 0 aromatic heterocycles. The number of carbonyl (C=O) groups is 2. The normalized spacial score (nSPS) is 14.6. The molecule has 1 heterocycles. The fourth-order valence-electron chi connectivity index (χ4n) is 4.20. The Morgan fingerprint density at radius 2 is 1.72 bits per heavy atom. The van der Waals surface area contributed by atoms with Gasteiger partial charge in [-0.2, -0.15) is 0 Å². The van der Waals surface area contributed by atoms with Crippen LogP contribution in [0.2, 0.25) is 0 Å². The molecule has 3 aromatic carbocycles. The second-order valence-electron chi connectivity index (χ2n) is 9.14. The molecule has 1 fully saturated rings. The first kappa shape index (κ1) is 27.8. The molecule has 1 atom stereocenters. The lowest BCUT2D eigenvalue weighted by Gasteiger charge is -2.27. The van der Waals surface area contributed by atoms with Crippen molar-refractivity contribution in [1.29, 1.82) is 0 Å². The van der Waals surface area contributed by atoms with Crippen molar-refractivity contribution in [2.75, 3.05) is 62.9 Å². The third-order valence-electron chi connectivity index (χ3n) is 6.42. The lowest BCUT2D eigenvalue weighted by atomic mass is 10.0. The van der Waals surface area contributed by atoms with Gasteiger partial charge in [-0.1, -0.05) is 36.4 Å². The molecule has 1 unspecified atom stereocenters. The number of anilines is 3. The first-order chi connectivity index (χ1) is 19.0. The highest BCUT2D eigenvalue weighted by Gasteiger charge is 2.21. The van der Waals surface area contributed by atoms with E-state index in [2.05, 4.69) is 20.9 Å². The fraction of sp³-hybridized carbons (Fsp3) is 0.267. The van der Waals surface area contributed by atoms with Gasteiger partial charge in [0.2, 0.25) is 11.8 Å². The van der Waals surface area contributed by atoms with Crippen LogP contribution < -0.4 is 26.4 Å². The maximum Gasteiger partial charge on any atom is 0.248 e. The topological polar surface area (TPSA) is 118 Å². The molecular weight excluding hydrogens is 494 g/mol. The van der Waals surface area contributed by atoms with Crippen LogP contribution in [0.1, 0.15) is 17.2 Å². The predicted octanol–water partition coefficient (Wildman–Crippen LogP) is 3.53. The average molecular weight is 530 g/mol. The van der Waals surface area contributed by atoms with E-state index in [0.29, 0.717) is 23.6 Å². The predicted molar refractivity (Wildman–Crippen MR) is 155 cm³/mol. The SMILES string of the molecule is COc1ccc(NC(=O)C(NCCN2CCOCC2)c2ccc(C=CC(=O)Nc3ccccc3N)cc2)cc1. The van der Waals surface area contributed by atoms with Gasteiger partial charge in [0.1, 0.15) is 11.8 Å². The second-order valence-corrected chi connectivity index (χ2v) is 9.14. The summed E-state index contributed by atoms with van der Waals surface area (Å²) in [7, 11) is 1.60. The number of nitrogen functional groups attached to an aromatic ring is 1. The first-order valence-corrected chi connectivity index (χ1v) is 12.9. The minimum absolute atomic E-state index is 0.162. The highest BCUT2D eigenvalue weighted by Crippen LogP contribution is 2.20. The fourth-order valence-corrected chi connectivity index (χ4v) is 4.20. The summed E-state index contributed by atoms with van der Waals surface area (Å²) in [5.41, 5.74) is 9.30. The summed E-state index contributed by atoms with van der Waals surface area (Å²) in [6, 6.07) is 21.3. The van der Waals surface area contributed by atoms with Crippen LogP contribution in [0.25, 0.3) is 6.08 Å². The summed E-state index contributed by atoms with van der Waals surface area (Å²) in [5.74, 6) is 0.279. The molecule has 204 valence electrons. The lowest BCUT2D eigenvalue weighted by Crippen LogP contribution is -2.42. The molecule has 9 heteroatoms. The van der Waals surface area contributed by atoms with Crippen LogP contribution in [0.15, 0.2) is 78.9 Å². The van der Waals surface area contributed by atoms with Crippen molar-refractivity contribution in [3.05, 3.63) is 90.0 Å². The molecule has 0 aliphatic carbocycles. The lowest BCUT2D eigenvalue weighted by molar-refractivity contribution is -0.118. The van der Waals surface area contributed by atoms with E-state index < -0.39 is 6.04 Å². The zero-order valence-corrected chi connectivity index (χ0v) is 22.1. The van der Waals surface area contributed by atoms with Crippen molar-refractivity contribution >= 4 is 35.0 Å². The molecule has 9 nitrogen and oxygen atoms in total. The van der Waals surface area contributed by atoms with Gasteiger partial charge in [-0.15, -0.1) is 0 Å². The van der Waals surface area contributed by atoms with E-state index in [0.717, 1.165) is 49.7 Å². The van der Waals surface area contributed by atoms with Crippen molar-refractivity contribution in [3.8, 4) is 5.75 Å². The molecule has 0 radical (unpaired) electrons. The number of nitrogens with two attached hydrogens (primary N) is 1. The van der Waals surface area contributed by atoms with Crippen LogP contribution in [-0.2, 0) is 14.3 Å². The Kier molecular flexibility index (Phi) is 10.1. The number of rotatable bonds is 11. The van der Waals surface area contributed by atoms with Gasteiger partial charge in [0.25, 0.3) is 0 Å². The van der Waals surface area contributed by atoms with Gasteiger partial charge in [-0.25, -0.2) is 0 Å². The zero-order chi connectivity index (χ0) is 27.5. The standard InChI is InChI=1S/C30H35N5O4/c1-38-25-13-11-24(12-14-25)33-30(37)29(32-16-17-35-18-20-39-21-19-35)23-9-6-22(7-10-23)8-15-28(36)34-27-5-3-2-4-26(27)31/h2-15,29,32H,16-21,31H2,1H3,(H,33,37)(H,34,36). The van der Waals surface area contributed by atoms with Gasteiger partial charge < -0.3 is 31.2 Å². The van der Waals surface area contributed by atoms with E-state index >= 15 is 0 Å². The van der Waals surface area contributed by atoms with E-state index in [-0.39, 0.29) is 11.8 Å². The number of nitrogens with one attached hydrogen (secondary N) is 3. The Labute approximate surface area is 229 Å². The second kappa shape index (κ2) is 14.1. The number of ether oxygens (including phenoxy) is 2. The molecule has 3 aromatic rings. The van der Waals surface area contributed by atoms with Gasteiger partial charge in [0.15, 0.2) is 0 Å². The van der Waals surface area contributed by atoms with Crippen molar-refractivity contribution in [1.82, 2.24) is 10.2 Å². The minimum Gasteiger partial charge on any atom is -0.497 e. The van der Waals surface area contributed by atoms with Gasteiger partial charge in [0.05, 0.1) is 31.7 Å². The molecular formula is C30H35N5O4. The summed E-state index contributed by atoms with van der Waals surface area (Å²) in [5, 5.41) is 9.18. The maximum absolute atomic E-state index is 13.3. The van der Waals surface area contributed by atoms with Crippen LogP contribution in [-0.4, -0.2) is 63.2 Å². The Hall–Kier alpha value is -4.18. The van der Waals surface area contributed by atoms with E-state index in [1.807, 2.05) is 48.5 Å². The largest absolute Gasteiger partial charge is 0.497 e. The molecule has 4 rings (SSSR count). The number of nitrogens with zero attached hydrogens (tertiary/aromatic N) is 1. The zero-order valence-electron chi connectivity index (χ0n) is 22.1. The number of amides is 2. The van der Waals surface area contributed by atoms with Crippen molar-refractivity contribution in [3.63, 3.8) is 0 Å². The maximum atomic E-state index is 13.3. The van der Waals surface area contributed by atoms with Crippen molar-refractivity contribution < 1.29 is 19.1 Å². The number of hydrogen-bond acceptors (Lipinski definition) is 7. The van der Waals surface area contributed by atoms with Crippen LogP contribution in [0, 0.1) is 0 Å². The van der Waals surface area contributed by atoms with Gasteiger partial charge in [0, 0.05) is 37.9 Å². The number of hydrogen-bond donors (Lipinski definition) is 4. The van der Waals surface area contributed by atoms with Crippen molar-refractivity contribution in [2.24, 2.45) is 0 Å². The number of carbonyl (C=O) groups excluding carboxylic acids is 2. The smallest absolute Gasteiger partial charge is 0.248 e. The van der Waals surface area contributed by atoms with Crippen LogP contribution in [0.3, 0.4) is 0 Å². The van der Waals surface area contributed by atoms with Crippen LogP contribution in [0.5, 0.6) is 5.75 Å². The Morgan fingerprint density at radius 1 is 1.00 bits per heavy atom. The third kappa shape index (κ3) is 8.41. The quantitative estimate of drug-likeness (QED) is 0.222. The molecule has 0 saturated carbocycles. The van der Waals surface area contributed by atoms with Gasteiger partial charge in [-0.3, -0.25) is 14.5 Å². The molecule has 5 N–H and O–H groups in total. The summed E-state index contributed by atoms with van der Waals surface area (Å²) >= 11 is 0. The summed E-state index contributed by atoms with van der Waals surface area (Å²) in [6.07, 6.45) is 3.17. The van der Waals surface area contributed by atoms with E-state index in [9.17, 15) is 9.59 Å². The highest BCUT2D eigenvalue weighted by molar-refractivity contribution is 6.03. The van der Waals surface area contributed by atoms with E-state index in [4.69, 9.17) is 15.2 Å². The number of benzene rings is 3. The minimum atomic E-state index is -0.560. The number of methoxy groups -OCH3 is 1. The monoisotopic (exact) mass is 529 g/mol. The Morgan fingerprint density at radius 3 is 2.41 bits per heavy atom. The number of para-hydroxylation sites is 2. The summed E-state index contributed by atoms with van der Waals surface area (Å²) < 4.78 is 10.6. The van der Waals surface area contributed by atoms with E-state index in [1.54, 1.807) is 37.5 Å². The molecule has 1 aliphatic rings. The molecule has 1 aliphatic heterocycles. The third-order valence-corrected chi connectivity index (χ3v) is 6.42. The first-order valence-electron chi connectivity index (χ1n) is 12.9. The Bertz CT molecular complexity index is 1260. The van der Waals surface area contributed by atoms with Crippen molar-refractivity contribution in [2.45, 2.75) is 6.04 Å². The molecule has 0 spiro atoms. The van der Waals surface area contributed by atoms with Crippen LogP contribution in [0.4, 0.5) is 17.1 Å². The molecule has 0 bridgehead atoms. The Balaban J connectivity index is 1.41.